The second kappa shape index (κ2) is 3.62. The molecule has 1 aliphatic carbocycles. The van der Waals surface area contributed by atoms with E-state index in [0.29, 0.717) is 0 Å². The highest BCUT2D eigenvalue weighted by Gasteiger charge is 2.16. The summed E-state index contributed by atoms with van der Waals surface area (Å²) in [5.41, 5.74) is 0. The first-order valence-corrected chi connectivity index (χ1v) is 3.65. The maximum Gasteiger partial charge on any atom is 0.120 e. The first-order chi connectivity index (χ1) is 4.88. The van der Waals surface area contributed by atoms with Crippen LogP contribution in [-0.4, -0.2) is 20.3 Å². The quantitative estimate of drug-likeness (QED) is 0.584. The molecule has 1 unspecified atom stereocenters. The average molecular weight is 142 g/mol. The molecule has 1 rings (SSSR count). The van der Waals surface area contributed by atoms with E-state index in [9.17, 15) is 0 Å². The Bertz CT molecular complexity index is 129. The molecule has 0 aromatic rings. The van der Waals surface area contributed by atoms with Gasteiger partial charge in [0.05, 0.1) is 7.11 Å². The molecule has 0 saturated heterocycles. The van der Waals surface area contributed by atoms with E-state index in [1.807, 2.05) is 0 Å². The second-order valence-electron chi connectivity index (χ2n) is 2.47. The zero-order chi connectivity index (χ0) is 7.40. The molecule has 1 atom stereocenters. The fourth-order valence-corrected chi connectivity index (χ4v) is 1.27. The third kappa shape index (κ3) is 1.51. The van der Waals surface area contributed by atoms with Crippen LogP contribution in [0.25, 0.3) is 0 Å². The molecule has 0 spiro atoms. The first-order valence-electron chi connectivity index (χ1n) is 3.65. The summed E-state index contributed by atoms with van der Waals surface area (Å²) >= 11 is 0. The largest absolute Gasteiger partial charge is 0.499 e. The number of ether oxygens (including phenoxy) is 2. The molecule has 2 heteroatoms. The molecular weight excluding hydrogens is 128 g/mol. The van der Waals surface area contributed by atoms with Crippen LogP contribution in [0.4, 0.5) is 0 Å². The molecule has 0 saturated carbocycles. The van der Waals surface area contributed by atoms with Crippen molar-refractivity contribution in [3.63, 3.8) is 0 Å². The molecule has 0 aliphatic heterocycles. The van der Waals surface area contributed by atoms with E-state index in [4.69, 9.17) is 9.47 Å². The molecule has 0 fully saturated rings. The minimum absolute atomic E-state index is 0.207. The van der Waals surface area contributed by atoms with Crippen molar-refractivity contribution in [3.8, 4) is 0 Å². The van der Waals surface area contributed by atoms with Crippen molar-refractivity contribution in [3.05, 3.63) is 11.8 Å². The van der Waals surface area contributed by atoms with Crippen LogP contribution in [0.3, 0.4) is 0 Å². The maximum absolute atomic E-state index is 5.20. The van der Waals surface area contributed by atoms with E-state index in [1.165, 1.54) is 6.42 Å². The van der Waals surface area contributed by atoms with Gasteiger partial charge >= 0.3 is 0 Å². The summed E-state index contributed by atoms with van der Waals surface area (Å²) in [5.74, 6) is 0.994. The SMILES string of the molecule is COC1=CCCCC1OC. The predicted octanol–water partition coefficient (Wildman–Crippen LogP) is 1.72. The summed E-state index contributed by atoms with van der Waals surface area (Å²) in [4.78, 5) is 0. The van der Waals surface area contributed by atoms with Gasteiger partial charge in [0.15, 0.2) is 0 Å². The van der Waals surface area contributed by atoms with E-state index >= 15 is 0 Å². The van der Waals surface area contributed by atoms with Gasteiger partial charge in [-0.05, 0) is 25.3 Å². The van der Waals surface area contributed by atoms with Crippen molar-refractivity contribution in [2.75, 3.05) is 14.2 Å². The van der Waals surface area contributed by atoms with Crippen LogP contribution in [0, 0.1) is 0 Å². The Morgan fingerprint density at radius 1 is 1.50 bits per heavy atom. The zero-order valence-corrected chi connectivity index (χ0v) is 6.59. The summed E-state index contributed by atoms with van der Waals surface area (Å²) < 4.78 is 10.3. The molecular formula is C8H14O2. The molecule has 0 aromatic carbocycles. The fraction of sp³-hybridized carbons (Fsp3) is 0.750. The molecule has 0 radical (unpaired) electrons. The van der Waals surface area contributed by atoms with Crippen LogP contribution in [0.2, 0.25) is 0 Å². The Hall–Kier alpha value is -0.500. The van der Waals surface area contributed by atoms with E-state index < -0.39 is 0 Å². The monoisotopic (exact) mass is 142 g/mol. The first kappa shape index (κ1) is 7.61. The lowest BCUT2D eigenvalue weighted by molar-refractivity contribution is 0.0656. The van der Waals surface area contributed by atoms with Crippen LogP contribution >= 0.6 is 0 Å². The molecule has 0 aromatic heterocycles. The Labute approximate surface area is 61.8 Å². The van der Waals surface area contributed by atoms with Crippen molar-refractivity contribution >= 4 is 0 Å². The van der Waals surface area contributed by atoms with Crippen LogP contribution in [-0.2, 0) is 9.47 Å². The molecule has 0 N–H and O–H groups in total. The zero-order valence-electron chi connectivity index (χ0n) is 6.59. The van der Waals surface area contributed by atoms with Gasteiger partial charge in [-0.3, -0.25) is 0 Å². The standard InChI is InChI=1S/C8H14O2/c1-9-7-5-3-4-6-8(7)10-2/h5,8H,3-4,6H2,1-2H3. The Balaban J connectivity index is 2.53. The summed E-state index contributed by atoms with van der Waals surface area (Å²) in [6.45, 7) is 0. The average Bonchev–Trinajstić information content (AvgIpc) is 2.04. The molecule has 1 aliphatic rings. The highest BCUT2D eigenvalue weighted by atomic mass is 16.5. The molecule has 2 nitrogen and oxygen atoms in total. The van der Waals surface area contributed by atoms with Crippen LogP contribution in [0.5, 0.6) is 0 Å². The van der Waals surface area contributed by atoms with Crippen LogP contribution in [0.1, 0.15) is 19.3 Å². The minimum Gasteiger partial charge on any atom is -0.499 e. The van der Waals surface area contributed by atoms with E-state index in [1.54, 1.807) is 14.2 Å². The lowest BCUT2D eigenvalue weighted by Crippen LogP contribution is -2.17. The molecule has 10 heavy (non-hydrogen) atoms. The van der Waals surface area contributed by atoms with E-state index in [-0.39, 0.29) is 6.10 Å². The van der Waals surface area contributed by atoms with Gasteiger partial charge in [0.1, 0.15) is 11.9 Å². The van der Waals surface area contributed by atoms with Gasteiger partial charge in [0.2, 0.25) is 0 Å². The lowest BCUT2D eigenvalue weighted by Gasteiger charge is -2.21. The molecule has 58 valence electrons. The predicted molar refractivity (Wildman–Crippen MR) is 39.7 cm³/mol. The van der Waals surface area contributed by atoms with Gasteiger partial charge in [-0.1, -0.05) is 0 Å². The number of rotatable bonds is 2. The molecule has 0 heterocycles. The van der Waals surface area contributed by atoms with Crippen molar-refractivity contribution in [2.24, 2.45) is 0 Å². The minimum atomic E-state index is 0.207. The molecule has 0 bridgehead atoms. The van der Waals surface area contributed by atoms with Gasteiger partial charge in [-0.25, -0.2) is 0 Å². The van der Waals surface area contributed by atoms with Crippen molar-refractivity contribution < 1.29 is 9.47 Å². The summed E-state index contributed by atoms with van der Waals surface area (Å²) in [6, 6.07) is 0. The maximum atomic E-state index is 5.20. The third-order valence-electron chi connectivity index (χ3n) is 1.85. The van der Waals surface area contributed by atoms with Crippen molar-refractivity contribution in [2.45, 2.75) is 25.4 Å². The number of methoxy groups -OCH3 is 2. The van der Waals surface area contributed by atoms with E-state index in [0.717, 1.165) is 18.6 Å². The van der Waals surface area contributed by atoms with Crippen molar-refractivity contribution in [1.29, 1.82) is 0 Å². The fourth-order valence-electron chi connectivity index (χ4n) is 1.27. The highest BCUT2D eigenvalue weighted by Crippen LogP contribution is 2.20. The second-order valence-corrected chi connectivity index (χ2v) is 2.47. The number of hydrogen-bond acceptors (Lipinski definition) is 2. The lowest BCUT2D eigenvalue weighted by atomic mass is 10.0. The number of hydrogen-bond donors (Lipinski definition) is 0. The van der Waals surface area contributed by atoms with Gasteiger partial charge in [0, 0.05) is 7.11 Å². The van der Waals surface area contributed by atoms with Crippen LogP contribution < -0.4 is 0 Å². The van der Waals surface area contributed by atoms with Gasteiger partial charge < -0.3 is 9.47 Å². The Morgan fingerprint density at radius 3 is 2.80 bits per heavy atom. The highest BCUT2D eigenvalue weighted by molar-refractivity contribution is 5.03. The Kier molecular flexibility index (Phi) is 2.75. The van der Waals surface area contributed by atoms with Crippen LogP contribution in [0.15, 0.2) is 11.8 Å². The topological polar surface area (TPSA) is 18.5 Å². The van der Waals surface area contributed by atoms with Gasteiger partial charge in [0.25, 0.3) is 0 Å². The molecule has 0 amide bonds. The smallest absolute Gasteiger partial charge is 0.120 e. The summed E-state index contributed by atoms with van der Waals surface area (Å²) in [7, 11) is 3.42. The third-order valence-corrected chi connectivity index (χ3v) is 1.85. The van der Waals surface area contributed by atoms with Gasteiger partial charge in [-0.15, -0.1) is 0 Å². The van der Waals surface area contributed by atoms with Gasteiger partial charge in [-0.2, -0.15) is 0 Å². The van der Waals surface area contributed by atoms with Crippen molar-refractivity contribution in [1.82, 2.24) is 0 Å². The Morgan fingerprint density at radius 2 is 2.30 bits per heavy atom. The summed E-state index contributed by atoms with van der Waals surface area (Å²) in [6.07, 6.45) is 5.75. The number of allylic oxidation sites excluding steroid dienone is 1. The van der Waals surface area contributed by atoms with E-state index in [2.05, 4.69) is 6.08 Å². The summed E-state index contributed by atoms with van der Waals surface area (Å²) in [5, 5.41) is 0. The normalized spacial score (nSPS) is 25.8.